The van der Waals surface area contributed by atoms with Crippen molar-refractivity contribution in [2.45, 2.75) is 64.0 Å². The number of aryl methyl sites for hydroxylation is 1. The summed E-state index contributed by atoms with van der Waals surface area (Å²) in [7, 11) is -0.0335. The largest absolute Gasteiger partial charge is 0.461 e. The summed E-state index contributed by atoms with van der Waals surface area (Å²) in [4.78, 5) is 0. The lowest BCUT2D eigenvalue weighted by Gasteiger charge is -2.32. The van der Waals surface area contributed by atoms with Gasteiger partial charge in [0.15, 0.2) is 0 Å². The van der Waals surface area contributed by atoms with Gasteiger partial charge in [0.05, 0.1) is 11.2 Å². The molecule has 3 rings (SSSR count). The Morgan fingerprint density at radius 1 is 1.09 bits per heavy atom. The van der Waals surface area contributed by atoms with Crippen LogP contribution in [0.2, 0.25) is 5.82 Å². The lowest BCUT2D eigenvalue weighted by Crippen LogP contribution is -2.41. The van der Waals surface area contributed by atoms with Gasteiger partial charge in [-0.25, -0.2) is 0 Å². The molecule has 2 fully saturated rings. The highest BCUT2D eigenvalue weighted by Crippen LogP contribution is 2.53. The minimum atomic E-state index is -0.207. The molecular weight excluding hydrogens is 271 g/mol. The van der Waals surface area contributed by atoms with E-state index in [1.165, 1.54) is 12.0 Å². The van der Waals surface area contributed by atoms with Crippen molar-refractivity contribution in [3.8, 4) is 0 Å². The Morgan fingerprint density at radius 2 is 1.73 bits per heavy atom. The predicted molar refractivity (Wildman–Crippen MR) is 91.8 cm³/mol. The molecule has 0 N–H and O–H groups in total. The summed E-state index contributed by atoms with van der Waals surface area (Å²) in [5.74, 6) is 1.17. The van der Waals surface area contributed by atoms with Crippen LogP contribution in [-0.4, -0.2) is 18.3 Å². The van der Waals surface area contributed by atoms with E-state index < -0.39 is 0 Å². The summed E-state index contributed by atoms with van der Waals surface area (Å²) in [6.07, 6.45) is 8.10. The molecule has 1 heterocycles. The summed E-state index contributed by atoms with van der Waals surface area (Å²) >= 11 is 0. The summed E-state index contributed by atoms with van der Waals surface area (Å²) in [5, 5.41) is 0. The molecule has 1 aliphatic carbocycles. The molecule has 118 valence electrons. The fourth-order valence-corrected chi connectivity index (χ4v) is 3.00. The first-order valence-electron chi connectivity index (χ1n) is 8.45. The minimum absolute atomic E-state index is 0.0335. The molecule has 1 aromatic rings. The highest BCUT2D eigenvalue weighted by molar-refractivity contribution is 6.48. The van der Waals surface area contributed by atoms with Gasteiger partial charge in [-0.15, -0.1) is 0 Å². The van der Waals surface area contributed by atoms with E-state index in [1.807, 2.05) is 0 Å². The third-order valence-corrected chi connectivity index (χ3v) is 5.34. The lowest BCUT2D eigenvalue weighted by atomic mass is 9.80. The molecule has 22 heavy (non-hydrogen) atoms. The van der Waals surface area contributed by atoms with E-state index in [9.17, 15) is 0 Å². The van der Waals surface area contributed by atoms with Crippen molar-refractivity contribution in [1.29, 1.82) is 0 Å². The van der Waals surface area contributed by atoms with Gasteiger partial charge in [0, 0.05) is 5.82 Å². The van der Waals surface area contributed by atoms with Crippen molar-refractivity contribution < 1.29 is 9.31 Å². The van der Waals surface area contributed by atoms with E-state index in [4.69, 9.17) is 9.31 Å². The number of rotatable bonds is 5. The molecule has 3 heteroatoms. The van der Waals surface area contributed by atoms with Crippen LogP contribution in [0.5, 0.6) is 0 Å². The van der Waals surface area contributed by atoms with Crippen molar-refractivity contribution in [2.24, 2.45) is 5.92 Å². The normalized spacial score (nSPS) is 29.2. The molecule has 0 spiro atoms. The van der Waals surface area contributed by atoms with Crippen LogP contribution < -0.4 is 0 Å². The zero-order chi connectivity index (χ0) is 15.8. The Labute approximate surface area is 135 Å². The monoisotopic (exact) mass is 298 g/mol. The summed E-state index contributed by atoms with van der Waals surface area (Å²) in [5.41, 5.74) is 0.995. The van der Waals surface area contributed by atoms with Gasteiger partial charge in [-0.2, -0.15) is 0 Å². The maximum absolute atomic E-state index is 6.14. The summed E-state index contributed by atoms with van der Waals surface area (Å²) in [6, 6.07) is 10.7. The molecule has 1 aromatic carbocycles. The number of allylic oxidation sites excluding steroid dienone is 2. The zero-order valence-corrected chi connectivity index (χ0v) is 14.2. The minimum Gasteiger partial charge on any atom is -0.403 e. The van der Waals surface area contributed by atoms with Crippen molar-refractivity contribution in [2.75, 3.05) is 0 Å². The Hall–Kier alpha value is -1.06. The van der Waals surface area contributed by atoms with Crippen molar-refractivity contribution >= 4 is 7.12 Å². The third-order valence-electron chi connectivity index (χ3n) is 5.34. The summed E-state index contributed by atoms with van der Waals surface area (Å²) in [6.45, 7) is 8.50. The summed E-state index contributed by atoms with van der Waals surface area (Å²) < 4.78 is 12.3. The van der Waals surface area contributed by atoms with Crippen LogP contribution in [0.1, 0.15) is 46.1 Å². The van der Waals surface area contributed by atoms with E-state index in [1.54, 1.807) is 0 Å². The molecule has 0 bridgehead atoms. The first-order valence-corrected chi connectivity index (χ1v) is 8.45. The maximum atomic E-state index is 6.14. The first-order chi connectivity index (χ1) is 10.4. The van der Waals surface area contributed by atoms with Gasteiger partial charge in [-0.1, -0.05) is 42.5 Å². The molecule has 0 aromatic heterocycles. The molecule has 1 saturated carbocycles. The van der Waals surface area contributed by atoms with Crippen molar-refractivity contribution in [3.05, 3.63) is 48.0 Å². The molecule has 0 unspecified atom stereocenters. The molecule has 0 radical (unpaired) electrons. The van der Waals surface area contributed by atoms with Crippen LogP contribution in [0, 0.1) is 5.92 Å². The van der Waals surface area contributed by atoms with Gasteiger partial charge in [0.2, 0.25) is 0 Å². The van der Waals surface area contributed by atoms with E-state index in [0.29, 0.717) is 11.7 Å². The van der Waals surface area contributed by atoms with Crippen molar-refractivity contribution in [1.82, 2.24) is 0 Å². The third kappa shape index (κ3) is 3.31. The smallest absolute Gasteiger partial charge is 0.403 e. The number of benzene rings is 1. The molecular formula is C19H27BO2. The molecule has 2 nitrogen and oxygen atoms in total. The second-order valence-electron chi connectivity index (χ2n) is 7.64. The Balaban J connectivity index is 1.44. The number of hydrogen-bond acceptors (Lipinski definition) is 2. The van der Waals surface area contributed by atoms with Crippen LogP contribution in [-0.2, 0) is 15.7 Å². The van der Waals surface area contributed by atoms with Crippen LogP contribution in [0.15, 0.2) is 42.5 Å². The molecule has 1 aliphatic heterocycles. The average Bonchev–Trinajstić information content (AvgIpc) is 3.18. The first kappa shape index (κ1) is 15.8. The Morgan fingerprint density at radius 3 is 2.36 bits per heavy atom. The topological polar surface area (TPSA) is 18.5 Å². The van der Waals surface area contributed by atoms with E-state index in [-0.39, 0.29) is 18.3 Å². The zero-order valence-electron chi connectivity index (χ0n) is 14.2. The second kappa shape index (κ2) is 5.86. The SMILES string of the molecule is CC1(C)OB([C@H]2C[C@@H]2/C=C/CCc2ccccc2)OC1(C)C. The highest BCUT2D eigenvalue weighted by atomic mass is 16.7. The van der Waals surface area contributed by atoms with Gasteiger partial charge in [-0.3, -0.25) is 0 Å². The van der Waals surface area contributed by atoms with Gasteiger partial charge < -0.3 is 9.31 Å². The van der Waals surface area contributed by atoms with Crippen molar-refractivity contribution in [3.63, 3.8) is 0 Å². The van der Waals surface area contributed by atoms with E-state index >= 15 is 0 Å². The average molecular weight is 298 g/mol. The highest BCUT2D eigenvalue weighted by Gasteiger charge is 2.58. The fourth-order valence-electron chi connectivity index (χ4n) is 3.00. The predicted octanol–water partition coefficient (Wildman–Crippen LogP) is 4.66. The van der Waals surface area contributed by atoms with Gasteiger partial charge in [-0.05, 0) is 58.4 Å². The second-order valence-corrected chi connectivity index (χ2v) is 7.64. The van der Waals surface area contributed by atoms with Crippen LogP contribution in [0.25, 0.3) is 0 Å². The number of hydrogen-bond donors (Lipinski definition) is 0. The molecule has 0 amide bonds. The Kier molecular flexibility index (Phi) is 4.22. The van der Waals surface area contributed by atoms with Crippen LogP contribution in [0.3, 0.4) is 0 Å². The fraction of sp³-hybridized carbons (Fsp3) is 0.579. The maximum Gasteiger partial charge on any atom is 0.461 e. The Bertz CT molecular complexity index is 520. The molecule has 2 atom stereocenters. The standard InChI is InChI=1S/C19H27BO2/c1-18(2)19(3,4)22-20(21-18)17-14-16(17)13-9-8-12-15-10-6-5-7-11-15/h5-7,9-11,13,16-17H,8,12,14H2,1-4H3/b13-9+/t16-,17-/m0/s1. The van der Waals surface area contributed by atoms with Crippen LogP contribution in [0.4, 0.5) is 0 Å². The van der Waals surface area contributed by atoms with Gasteiger partial charge in [0.25, 0.3) is 0 Å². The van der Waals surface area contributed by atoms with Crippen LogP contribution >= 0.6 is 0 Å². The van der Waals surface area contributed by atoms with Gasteiger partial charge >= 0.3 is 7.12 Å². The molecule has 2 aliphatic rings. The quantitative estimate of drug-likeness (QED) is 0.581. The molecule has 1 saturated heterocycles. The lowest BCUT2D eigenvalue weighted by molar-refractivity contribution is 0.00578. The van der Waals surface area contributed by atoms with Gasteiger partial charge in [0.1, 0.15) is 0 Å². The van der Waals surface area contributed by atoms with E-state index in [0.717, 1.165) is 12.8 Å². The van der Waals surface area contributed by atoms with E-state index in [2.05, 4.69) is 70.2 Å².